The third kappa shape index (κ3) is 4.88. The monoisotopic (exact) mass is 452 g/mol. The second-order valence-electron chi connectivity index (χ2n) is 9.61. The topological polar surface area (TPSA) is 58.6 Å². The van der Waals surface area contributed by atoms with E-state index < -0.39 is 5.60 Å². The van der Waals surface area contributed by atoms with Gasteiger partial charge in [0, 0.05) is 37.1 Å². The molecule has 0 saturated carbocycles. The van der Waals surface area contributed by atoms with Crippen LogP contribution in [0.25, 0.3) is 21.3 Å². The quantitative estimate of drug-likeness (QED) is 0.493. The van der Waals surface area contributed by atoms with E-state index in [1.807, 2.05) is 25.7 Å². The number of carbonyl (C=O) groups is 1. The summed E-state index contributed by atoms with van der Waals surface area (Å²) in [5, 5.41) is 3.28. The molecule has 0 bridgehead atoms. The second-order valence-corrected chi connectivity index (χ2v) is 10.5. The molecule has 1 aromatic carbocycles. The Kier molecular flexibility index (Phi) is 6.38. The van der Waals surface area contributed by atoms with Gasteiger partial charge in [-0.25, -0.2) is 14.8 Å². The van der Waals surface area contributed by atoms with Crippen molar-refractivity contribution < 1.29 is 9.53 Å². The van der Waals surface area contributed by atoms with Gasteiger partial charge in [0.15, 0.2) is 0 Å². The van der Waals surface area contributed by atoms with E-state index in [0.29, 0.717) is 25.6 Å². The first-order chi connectivity index (χ1) is 15.2. The van der Waals surface area contributed by atoms with E-state index in [-0.39, 0.29) is 6.09 Å². The number of fused-ring (bicyclic) bond motifs is 1. The lowest BCUT2D eigenvalue weighted by Gasteiger charge is -2.26. The van der Waals surface area contributed by atoms with Gasteiger partial charge in [-0.2, -0.15) is 0 Å². The van der Waals surface area contributed by atoms with Gasteiger partial charge in [-0.3, -0.25) is 0 Å². The van der Waals surface area contributed by atoms with Crippen molar-refractivity contribution >= 4 is 33.5 Å². The fourth-order valence-corrected chi connectivity index (χ4v) is 4.91. The summed E-state index contributed by atoms with van der Waals surface area (Å²) in [6.45, 7) is 13.0. The van der Waals surface area contributed by atoms with E-state index in [0.717, 1.165) is 29.0 Å². The average molecular weight is 453 g/mol. The van der Waals surface area contributed by atoms with Crippen molar-refractivity contribution in [2.24, 2.45) is 0 Å². The average Bonchev–Trinajstić information content (AvgIpc) is 3.02. The van der Waals surface area contributed by atoms with Crippen molar-refractivity contribution in [3.05, 3.63) is 41.5 Å². The zero-order chi connectivity index (χ0) is 22.9. The number of thiophene rings is 1. The molecular formula is C25H32N4O2S. The molecule has 3 heterocycles. The lowest BCUT2D eigenvalue weighted by molar-refractivity contribution is 0.0263. The van der Waals surface area contributed by atoms with Crippen LogP contribution in [0.5, 0.6) is 0 Å². The number of hydrogen-bond acceptors (Lipinski definition) is 6. The molecule has 0 aliphatic carbocycles. The smallest absolute Gasteiger partial charge is 0.410 e. The Morgan fingerprint density at radius 1 is 1.06 bits per heavy atom. The van der Waals surface area contributed by atoms with Crippen LogP contribution >= 0.6 is 11.3 Å². The van der Waals surface area contributed by atoms with Crippen LogP contribution in [0, 0.1) is 0 Å². The van der Waals surface area contributed by atoms with Crippen LogP contribution in [-0.2, 0) is 4.74 Å². The summed E-state index contributed by atoms with van der Waals surface area (Å²) in [4.78, 5) is 26.9. The summed E-state index contributed by atoms with van der Waals surface area (Å²) in [6.07, 6.45) is 2.28. The first kappa shape index (κ1) is 22.5. The highest BCUT2D eigenvalue weighted by molar-refractivity contribution is 7.17. The maximum Gasteiger partial charge on any atom is 0.410 e. The number of anilines is 1. The molecule has 1 amide bonds. The lowest BCUT2D eigenvalue weighted by Crippen LogP contribution is -2.39. The van der Waals surface area contributed by atoms with Gasteiger partial charge in [-0.1, -0.05) is 38.1 Å². The van der Waals surface area contributed by atoms with Crippen molar-refractivity contribution in [3.63, 3.8) is 0 Å². The minimum Gasteiger partial charge on any atom is -0.444 e. The zero-order valence-electron chi connectivity index (χ0n) is 19.6. The molecule has 0 radical (unpaired) electrons. The van der Waals surface area contributed by atoms with Crippen molar-refractivity contribution in [2.75, 3.05) is 31.1 Å². The molecule has 1 fully saturated rings. The molecule has 3 aromatic rings. The summed E-state index contributed by atoms with van der Waals surface area (Å²) in [5.41, 5.74) is 3.20. The van der Waals surface area contributed by atoms with Gasteiger partial charge < -0.3 is 14.5 Å². The third-order valence-electron chi connectivity index (χ3n) is 5.69. The molecule has 170 valence electrons. The van der Waals surface area contributed by atoms with E-state index >= 15 is 0 Å². The zero-order valence-corrected chi connectivity index (χ0v) is 20.4. The molecule has 0 unspecified atom stereocenters. The van der Waals surface area contributed by atoms with Crippen LogP contribution in [0.2, 0.25) is 0 Å². The fraction of sp³-hybridized carbons (Fsp3) is 0.480. The second kappa shape index (κ2) is 9.06. The van der Waals surface area contributed by atoms with E-state index in [1.54, 1.807) is 17.7 Å². The van der Waals surface area contributed by atoms with Crippen molar-refractivity contribution in [2.45, 2.75) is 52.6 Å². The van der Waals surface area contributed by atoms with E-state index in [4.69, 9.17) is 9.72 Å². The van der Waals surface area contributed by atoms with Crippen LogP contribution in [0.3, 0.4) is 0 Å². The van der Waals surface area contributed by atoms with Gasteiger partial charge in [0.2, 0.25) is 0 Å². The van der Waals surface area contributed by atoms with Gasteiger partial charge in [-0.05, 0) is 44.2 Å². The molecule has 4 rings (SSSR count). The molecule has 1 aliphatic heterocycles. The standard InChI is InChI=1S/C25H32N4O2S/c1-17(2)18-7-9-19(10-8-18)20-15-32-23-21(20)22(26-16-27-23)28-11-6-12-29(14-13-28)24(30)31-25(3,4)5/h7-10,15-17H,6,11-14H2,1-5H3. The fourth-order valence-electron chi connectivity index (χ4n) is 4.00. The van der Waals surface area contributed by atoms with Crippen molar-refractivity contribution in [1.82, 2.24) is 14.9 Å². The van der Waals surface area contributed by atoms with Gasteiger partial charge in [0.25, 0.3) is 0 Å². The number of benzene rings is 1. The summed E-state index contributed by atoms with van der Waals surface area (Å²) in [5.74, 6) is 1.46. The number of ether oxygens (including phenoxy) is 1. The highest BCUT2D eigenvalue weighted by atomic mass is 32.1. The predicted octanol–water partition coefficient (Wildman–Crippen LogP) is 5.93. The maximum absolute atomic E-state index is 12.6. The third-order valence-corrected chi connectivity index (χ3v) is 6.57. The van der Waals surface area contributed by atoms with Crippen LogP contribution in [0.15, 0.2) is 36.0 Å². The number of hydrogen-bond donors (Lipinski definition) is 0. The number of carbonyl (C=O) groups excluding carboxylic acids is 1. The normalized spacial score (nSPS) is 15.3. The SMILES string of the molecule is CC(C)c1ccc(-c2csc3ncnc(N4CCCN(C(=O)OC(C)(C)C)CC4)c23)cc1. The van der Waals surface area contributed by atoms with Gasteiger partial charge in [0.1, 0.15) is 22.6 Å². The summed E-state index contributed by atoms with van der Waals surface area (Å²) >= 11 is 1.65. The van der Waals surface area contributed by atoms with Crippen LogP contribution in [0.4, 0.5) is 10.6 Å². The molecular weight excluding hydrogens is 420 g/mol. The molecule has 32 heavy (non-hydrogen) atoms. The van der Waals surface area contributed by atoms with Crippen LogP contribution in [-0.4, -0.2) is 52.7 Å². The highest BCUT2D eigenvalue weighted by Gasteiger charge is 2.26. The molecule has 7 heteroatoms. The summed E-state index contributed by atoms with van der Waals surface area (Å²) in [6, 6.07) is 8.80. The maximum atomic E-state index is 12.6. The van der Waals surface area contributed by atoms with E-state index in [9.17, 15) is 4.79 Å². The minimum absolute atomic E-state index is 0.242. The Morgan fingerprint density at radius 3 is 2.50 bits per heavy atom. The molecule has 6 nitrogen and oxygen atoms in total. The van der Waals surface area contributed by atoms with Gasteiger partial charge in [0.05, 0.1) is 5.39 Å². The molecule has 0 atom stereocenters. The molecule has 2 aromatic heterocycles. The molecule has 1 aliphatic rings. The molecule has 0 spiro atoms. The summed E-state index contributed by atoms with van der Waals surface area (Å²) in [7, 11) is 0. The van der Waals surface area contributed by atoms with Gasteiger partial charge in [-0.15, -0.1) is 11.3 Å². The number of aromatic nitrogens is 2. The van der Waals surface area contributed by atoms with Crippen molar-refractivity contribution in [3.8, 4) is 11.1 Å². The Labute approximate surface area is 194 Å². The number of nitrogens with zero attached hydrogens (tertiary/aromatic N) is 4. The van der Waals surface area contributed by atoms with Crippen LogP contribution in [0.1, 0.15) is 52.5 Å². The molecule has 1 saturated heterocycles. The predicted molar refractivity (Wildman–Crippen MR) is 132 cm³/mol. The van der Waals surface area contributed by atoms with Crippen LogP contribution < -0.4 is 4.90 Å². The first-order valence-corrected chi connectivity index (χ1v) is 12.2. The Bertz CT molecular complexity index is 1090. The van der Waals surface area contributed by atoms with E-state index in [1.165, 1.54) is 16.7 Å². The Hall–Kier alpha value is -2.67. The Morgan fingerprint density at radius 2 is 1.81 bits per heavy atom. The van der Waals surface area contributed by atoms with Gasteiger partial charge >= 0.3 is 6.09 Å². The largest absolute Gasteiger partial charge is 0.444 e. The summed E-state index contributed by atoms with van der Waals surface area (Å²) < 4.78 is 5.58. The number of rotatable bonds is 3. The minimum atomic E-state index is -0.488. The van der Waals surface area contributed by atoms with Crippen molar-refractivity contribution in [1.29, 1.82) is 0 Å². The first-order valence-electron chi connectivity index (χ1n) is 11.3. The van der Waals surface area contributed by atoms with E-state index in [2.05, 4.69) is 53.4 Å². The lowest BCUT2D eigenvalue weighted by atomic mass is 9.99. The Balaban J connectivity index is 1.61. The number of amides is 1. The highest BCUT2D eigenvalue weighted by Crippen LogP contribution is 2.38. The molecule has 0 N–H and O–H groups in total.